The molecule has 1 aromatic rings. The summed E-state index contributed by atoms with van der Waals surface area (Å²) in [5.74, 6) is -6.12. The van der Waals surface area contributed by atoms with Gasteiger partial charge in [0.15, 0.2) is 0 Å². The minimum absolute atomic E-state index is 0.151. The minimum Gasteiger partial charge on any atom is -0.366 e. The van der Waals surface area contributed by atoms with Crippen molar-refractivity contribution in [2.45, 2.75) is 18.9 Å². The summed E-state index contributed by atoms with van der Waals surface area (Å²) in [5.41, 5.74) is -0.681. The summed E-state index contributed by atoms with van der Waals surface area (Å²) < 4.78 is 53.4. The van der Waals surface area contributed by atoms with E-state index in [1.54, 1.807) is 0 Å². The average Bonchev–Trinajstić information content (AvgIpc) is 2.37. The lowest BCUT2D eigenvalue weighted by atomic mass is 10.0. The van der Waals surface area contributed by atoms with Gasteiger partial charge in [-0.1, -0.05) is 0 Å². The molecule has 106 valence electrons. The fraction of sp³-hybridized carbons (Fsp3) is 0.583. The summed E-state index contributed by atoms with van der Waals surface area (Å²) >= 11 is 0. The Morgan fingerprint density at radius 1 is 1.05 bits per heavy atom. The monoisotopic (exact) mass is 277 g/mol. The Hall–Kier alpha value is -1.37. The van der Waals surface area contributed by atoms with Crippen LogP contribution in [0.25, 0.3) is 0 Å². The van der Waals surface area contributed by atoms with Crippen LogP contribution in [0.2, 0.25) is 0 Å². The first-order valence-electron chi connectivity index (χ1n) is 6.03. The predicted octanol–water partition coefficient (Wildman–Crippen LogP) is 2.17. The Morgan fingerprint density at radius 2 is 1.53 bits per heavy atom. The molecule has 0 aliphatic carbocycles. The summed E-state index contributed by atoms with van der Waals surface area (Å²) in [4.78, 5) is 5.91. The van der Waals surface area contributed by atoms with E-state index in [0.717, 1.165) is 13.1 Å². The molecule has 0 N–H and O–H groups in total. The van der Waals surface area contributed by atoms with Gasteiger partial charge >= 0.3 is 0 Å². The molecule has 1 saturated heterocycles. The molecule has 1 aliphatic rings. The Kier molecular flexibility index (Phi) is 3.93. The van der Waals surface area contributed by atoms with Crippen LogP contribution in [0.5, 0.6) is 0 Å². The molecule has 0 amide bonds. The van der Waals surface area contributed by atoms with Gasteiger partial charge in [-0.15, -0.1) is 0 Å². The maximum absolute atomic E-state index is 13.6. The molecule has 0 bridgehead atoms. The highest BCUT2D eigenvalue weighted by atomic mass is 19.2. The zero-order valence-electron chi connectivity index (χ0n) is 10.8. The van der Waals surface area contributed by atoms with Crippen molar-refractivity contribution >= 4 is 5.69 Å². The van der Waals surface area contributed by atoms with Crippen LogP contribution in [-0.2, 0) is 0 Å². The van der Waals surface area contributed by atoms with E-state index in [2.05, 4.69) is 9.88 Å². The lowest BCUT2D eigenvalue weighted by Crippen LogP contribution is -2.42. The summed E-state index contributed by atoms with van der Waals surface area (Å²) in [6, 6.07) is -0.151. The summed E-state index contributed by atoms with van der Waals surface area (Å²) in [6.45, 7) is 1.54. The van der Waals surface area contributed by atoms with Crippen molar-refractivity contribution in [3.05, 3.63) is 23.5 Å². The second-order valence-corrected chi connectivity index (χ2v) is 4.82. The largest absolute Gasteiger partial charge is 0.366 e. The van der Waals surface area contributed by atoms with Gasteiger partial charge in [-0.3, -0.25) is 0 Å². The number of piperidine rings is 1. The molecule has 2 rings (SSSR count). The molecule has 1 fully saturated rings. The zero-order valence-corrected chi connectivity index (χ0v) is 10.8. The number of hydrogen-bond acceptors (Lipinski definition) is 3. The molecule has 3 nitrogen and oxygen atoms in total. The average molecular weight is 277 g/mol. The van der Waals surface area contributed by atoms with Crippen LogP contribution in [0, 0.1) is 23.5 Å². The normalized spacial score (nSPS) is 17.8. The lowest BCUT2D eigenvalue weighted by Gasteiger charge is -2.36. The van der Waals surface area contributed by atoms with Gasteiger partial charge in [0.2, 0.25) is 11.6 Å². The number of aromatic nitrogens is 1. The van der Waals surface area contributed by atoms with Crippen LogP contribution in [0.1, 0.15) is 12.8 Å². The van der Waals surface area contributed by atoms with E-state index in [1.807, 2.05) is 7.05 Å². The molecule has 1 aromatic heterocycles. The topological polar surface area (TPSA) is 19.4 Å². The molecule has 0 spiro atoms. The van der Waals surface area contributed by atoms with E-state index in [0.29, 0.717) is 12.8 Å². The van der Waals surface area contributed by atoms with Crippen LogP contribution >= 0.6 is 0 Å². The quantitative estimate of drug-likeness (QED) is 0.610. The standard InChI is InChI=1S/C12H15F4N3/c1-18-5-3-7(4-6-18)19(2)10-8(13)11(15)17-12(16)9(10)14/h7H,3-6H2,1-2H3. The summed E-state index contributed by atoms with van der Waals surface area (Å²) in [5, 5.41) is 0. The lowest BCUT2D eigenvalue weighted by molar-refractivity contribution is 0.251. The van der Waals surface area contributed by atoms with Crippen molar-refractivity contribution in [3.8, 4) is 0 Å². The van der Waals surface area contributed by atoms with Crippen LogP contribution in [0.15, 0.2) is 0 Å². The Bertz CT molecular complexity index is 446. The van der Waals surface area contributed by atoms with Crippen molar-refractivity contribution in [2.75, 3.05) is 32.1 Å². The molecular formula is C12H15F4N3. The van der Waals surface area contributed by atoms with Gasteiger partial charge in [0.05, 0.1) is 0 Å². The van der Waals surface area contributed by atoms with Gasteiger partial charge in [0.1, 0.15) is 5.69 Å². The number of pyridine rings is 1. The SMILES string of the molecule is CN1CCC(N(C)c2c(F)c(F)nc(F)c2F)CC1. The molecule has 0 unspecified atom stereocenters. The third-order valence-corrected chi connectivity index (χ3v) is 3.56. The third-order valence-electron chi connectivity index (χ3n) is 3.56. The Balaban J connectivity index is 2.31. The summed E-state index contributed by atoms with van der Waals surface area (Å²) in [7, 11) is 3.39. The Morgan fingerprint density at radius 3 is 2.00 bits per heavy atom. The zero-order chi connectivity index (χ0) is 14.2. The smallest absolute Gasteiger partial charge is 0.253 e. The molecule has 19 heavy (non-hydrogen) atoms. The van der Waals surface area contributed by atoms with E-state index in [4.69, 9.17) is 0 Å². The van der Waals surface area contributed by atoms with Gasteiger partial charge in [-0.2, -0.15) is 22.5 Å². The fourth-order valence-electron chi connectivity index (χ4n) is 2.35. The van der Waals surface area contributed by atoms with Crippen molar-refractivity contribution in [3.63, 3.8) is 0 Å². The minimum atomic E-state index is -1.62. The predicted molar refractivity (Wildman–Crippen MR) is 63.0 cm³/mol. The van der Waals surface area contributed by atoms with Crippen LogP contribution < -0.4 is 4.90 Å². The third kappa shape index (κ3) is 2.65. The van der Waals surface area contributed by atoms with E-state index < -0.39 is 29.2 Å². The maximum atomic E-state index is 13.6. The number of nitrogens with zero attached hydrogens (tertiary/aromatic N) is 3. The van der Waals surface area contributed by atoms with E-state index >= 15 is 0 Å². The van der Waals surface area contributed by atoms with Gasteiger partial charge in [-0.05, 0) is 33.0 Å². The first kappa shape index (κ1) is 14.0. The van der Waals surface area contributed by atoms with Gasteiger partial charge in [-0.25, -0.2) is 0 Å². The second kappa shape index (κ2) is 5.32. The first-order valence-corrected chi connectivity index (χ1v) is 6.03. The highest BCUT2D eigenvalue weighted by molar-refractivity contribution is 5.48. The highest BCUT2D eigenvalue weighted by Crippen LogP contribution is 2.29. The summed E-state index contributed by atoms with van der Waals surface area (Å²) in [6.07, 6.45) is 1.36. The van der Waals surface area contributed by atoms with Gasteiger partial charge in [0.25, 0.3) is 11.9 Å². The van der Waals surface area contributed by atoms with Crippen LogP contribution in [-0.4, -0.2) is 43.1 Å². The molecular weight excluding hydrogens is 262 g/mol. The fourth-order valence-corrected chi connectivity index (χ4v) is 2.35. The van der Waals surface area contributed by atoms with Crippen molar-refractivity contribution in [1.82, 2.24) is 9.88 Å². The van der Waals surface area contributed by atoms with Gasteiger partial charge < -0.3 is 9.80 Å². The molecule has 0 saturated carbocycles. The Labute approximate surface area is 108 Å². The van der Waals surface area contributed by atoms with Crippen molar-refractivity contribution in [2.24, 2.45) is 0 Å². The number of hydrogen-bond donors (Lipinski definition) is 0. The molecule has 2 heterocycles. The van der Waals surface area contributed by atoms with E-state index in [9.17, 15) is 17.6 Å². The van der Waals surface area contributed by atoms with Crippen LogP contribution in [0.4, 0.5) is 23.2 Å². The second-order valence-electron chi connectivity index (χ2n) is 4.82. The molecule has 0 atom stereocenters. The number of likely N-dealkylation sites (tertiary alicyclic amines) is 1. The van der Waals surface area contributed by atoms with E-state index in [-0.39, 0.29) is 6.04 Å². The van der Waals surface area contributed by atoms with Crippen LogP contribution in [0.3, 0.4) is 0 Å². The van der Waals surface area contributed by atoms with Crippen molar-refractivity contribution < 1.29 is 17.6 Å². The van der Waals surface area contributed by atoms with E-state index in [1.165, 1.54) is 11.9 Å². The molecule has 0 radical (unpaired) electrons. The molecule has 7 heteroatoms. The highest BCUT2D eigenvalue weighted by Gasteiger charge is 2.29. The molecule has 1 aliphatic heterocycles. The number of anilines is 1. The number of rotatable bonds is 2. The van der Waals surface area contributed by atoms with Crippen molar-refractivity contribution in [1.29, 1.82) is 0 Å². The van der Waals surface area contributed by atoms with Gasteiger partial charge in [0, 0.05) is 13.1 Å². The number of halogens is 4. The molecule has 0 aromatic carbocycles. The first-order chi connectivity index (χ1) is 8.91. The maximum Gasteiger partial charge on any atom is 0.253 e.